The Morgan fingerprint density at radius 2 is 1.33 bits per heavy atom. The number of phenols is 1. The van der Waals surface area contributed by atoms with E-state index in [1.54, 1.807) is 0 Å². The zero-order valence-corrected chi connectivity index (χ0v) is 17.3. The van der Waals surface area contributed by atoms with Crippen molar-refractivity contribution in [2.75, 3.05) is 6.54 Å². The van der Waals surface area contributed by atoms with Gasteiger partial charge >= 0.3 is 11.9 Å². The maximum Gasteiger partial charge on any atom is 0.326 e. The summed E-state index contributed by atoms with van der Waals surface area (Å²) >= 11 is 0. The summed E-state index contributed by atoms with van der Waals surface area (Å²) in [5.41, 5.74) is 10.6. The van der Waals surface area contributed by atoms with E-state index in [9.17, 15) is 39.0 Å². The van der Waals surface area contributed by atoms with Crippen LogP contribution in [0.4, 0.5) is 0 Å². The Hall–Kier alpha value is -4.20. The fourth-order valence-electron chi connectivity index (χ4n) is 2.66. The number of aliphatic carboxylic acids is 2. The van der Waals surface area contributed by atoms with Crippen LogP contribution < -0.4 is 27.4 Å². The number of amides is 4. The smallest absolute Gasteiger partial charge is 0.326 e. The Labute approximate surface area is 187 Å². The van der Waals surface area contributed by atoms with Gasteiger partial charge in [0, 0.05) is 6.42 Å². The van der Waals surface area contributed by atoms with Gasteiger partial charge in [-0.2, -0.15) is 0 Å². The van der Waals surface area contributed by atoms with Gasteiger partial charge in [0.15, 0.2) is 0 Å². The molecule has 4 amide bonds. The van der Waals surface area contributed by atoms with Crippen LogP contribution in [0.3, 0.4) is 0 Å². The number of phenolic OH excluding ortho intramolecular Hbond substituents is 1. The summed E-state index contributed by atoms with van der Waals surface area (Å²) in [6.07, 6.45) is -1.78. The van der Waals surface area contributed by atoms with Crippen LogP contribution in [0.25, 0.3) is 0 Å². The third-order valence-electron chi connectivity index (χ3n) is 4.24. The lowest BCUT2D eigenvalue weighted by Gasteiger charge is -2.23. The first-order chi connectivity index (χ1) is 15.4. The van der Waals surface area contributed by atoms with Crippen LogP contribution >= 0.6 is 0 Å². The van der Waals surface area contributed by atoms with E-state index in [4.69, 9.17) is 16.6 Å². The van der Waals surface area contributed by atoms with Gasteiger partial charge in [-0.15, -0.1) is 0 Å². The second-order valence-electron chi connectivity index (χ2n) is 6.92. The summed E-state index contributed by atoms with van der Waals surface area (Å²) in [5, 5.41) is 34.2. The quantitative estimate of drug-likeness (QED) is 0.144. The second-order valence-corrected chi connectivity index (χ2v) is 6.92. The molecule has 0 bridgehead atoms. The van der Waals surface area contributed by atoms with E-state index in [2.05, 4.69) is 16.0 Å². The number of benzene rings is 1. The van der Waals surface area contributed by atoms with Gasteiger partial charge in [-0.3, -0.25) is 24.0 Å². The van der Waals surface area contributed by atoms with Crippen molar-refractivity contribution >= 4 is 35.6 Å². The standard InChI is InChI=1S/C19H25N5O9/c20-8-15(27)22-11(6-14(21)26)17(30)23-12(7-16(28)29)18(31)24-13(19(32)33)5-9-1-3-10(25)4-2-9/h1-4,11-13,25H,5-8,20H2,(H2,21,26)(H,22,27)(H,23,30)(H,24,31)(H,28,29)(H,32,33). The topological polar surface area (TPSA) is 251 Å². The number of carboxylic acid groups (broad SMARTS) is 2. The maximum atomic E-state index is 12.6. The Bertz CT molecular complexity index is 903. The van der Waals surface area contributed by atoms with Crippen molar-refractivity contribution in [3.05, 3.63) is 29.8 Å². The number of carbonyl (C=O) groups excluding carboxylic acids is 4. The molecule has 0 aliphatic rings. The normalized spacial score (nSPS) is 13.1. The minimum atomic E-state index is -1.73. The Morgan fingerprint density at radius 3 is 1.79 bits per heavy atom. The number of nitrogens with two attached hydrogens (primary N) is 2. The molecule has 3 unspecified atom stereocenters. The molecule has 14 nitrogen and oxygen atoms in total. The second kappa shape index (κ2) is 12.6. The van der Waals surface area contributed by atoms with Crippen LogP contribution in [-0.2, 0) is 35.2 Å². The predicted octanol–water partition coefficient (Wildman–Crippen LogP) is -3.22. The number of rotatable bonds is 13. The van der Waals surface area contributed by atoms with Gasteiger partial charge < -0.3 is 42.7 Å². The first-order valence-electron chi connectivity index (χ1n) is 9.53. The number of primary amides is 1. The zero-order valence-electron chi connectivity index (χ0n) is 17.3. The molecule has 10 N–H and O–H groups in total. The fourth-order valence-corrected chi connectivity index (χ4v) is 2.66. The molecule has 0 aliphatic heterocycles. The SMILES string of the molecule is NCC(=O)NC(CC(N)=O)C(=O)NC(CC(=O)O)C(=O)NC(Cc1ccc(O)cc1)C(=O)O. The van der Waals surface area contributed by atoms with Crippen molar-refractivity contribution in [2.24, 2.45) is 11.5 Å². The van der Waals surface area contributed by atoms with E-state index in [0.717, 1.165) is 0 Å². The van der Waals surface area contributed by atoms with Crippen molar-refractivity contribution in [1.82, 2.24) is 16.0 Å². The molecular weight excluding hydrogens is 442 g/mol. The van der Waals surface area contributed by atoms with Gasteiger partial charge in [0.2, 0.25) is 23.6 Å². The van der Waals surface area contributed by atoms with Crippen molar-refractivity contribution in [1.29, 1.82) is 0 Å². The molecule has 1 rings (SSSR count). The largest absolute Gasteiger partial charge is 0.508 e. The number of carbonyl (C=O) groups is 6. The molecule has 0 spiro atoms. The van der Waals surface area contributed by atoms with Crippen LogP contribution in [0.15, 0.2) is 24.3 Å². The van der Waals surface area contributed by atoms with Crippen molar-refractivity contribution in [2.45, 2.75) is 37.4 Å². The first-order valence-corrected chi connectivity index (χ1v) is 9.53. The molecule has 1 aromatic carbocycles. The molecule has 0 radical (unpaired) electrons. The molecule has 14 heteroatoms. The van der Waals surface area contributed by atoms with Crippen LogP contribution in [0.5, 0.6) is 5.75 Å². The molecule has 0 saturated carbocycles. The highest BCUT2D eigenvalue weighted by Crippen LogP contribution is 2.12. The van der Waals surface area contributed by atoms with Gasteiger partial charge in [0.25, 0.3) is 0 Å². The number of aromatic hydroxyl groups is 1. The van der Waals surface area contributed by atoms with Crippen LogP contribution in [0.1, 0.15) is 18.4 Å². The average Bonchev–Trinajstić information content (AvgIpc) is 2.72. The van der Waals surface area contributed by atoms with Crippen LogP contribution in [-0.4, -0.2) is 75.6 Å². The lowest BCUT2D eigenvalue weighted by molar-refractivity contribution is -0.143. The number of carboxylic acids is 2. The summed E-state index contributed by atoms with van der Waals surface area (Å²) < 4.78 is 0. The highest BCUT2D eigenvalue weighted by Gasteiger charge is 2.31. The van der Waals surface area contributed by atoms with Gasteiger partial charge in [0.1, 0.15) is 23.9 Å². The molecule has 1 aromatic rings. The van der Waals surface area contributed by atoms with Gasteiger partial charge in [-0.05, 0) is 17.7 Å². The Kier molecular flexibility index (Phi) is 10.3. The average molecular weight is 467 g/mol. The molecule has 0 fully saturated rings. The van der Waals surface area contributed by atoms with E-state index >= 15 is 0 Å². The van der Waals surface area contributed by atoms with Crippen LogP contribution in [0.2, 0.25) is 0 Å². The van der Waals surface area contributed by atoms with E-state index in [-0.39, 0.29) is 12.2 Å². The van der Waals surface area contributed by atoms with E-state index in [0.29, 0.717) is 5.56 Å². The van der Waals surface area contributed by atoms with Crippen molar-refractivity contribution in [3.8, 4) is 5.75 Å². The van der Waals surface area contributed by atoms with Crippen molar-refractivity contribution in [3.63, 3.8) is 0 Å². The molecule has 0 aromatic heterocycles. The van der Waals surface area contributed by atoms with E-state index < -0.39 is 73.1 Å². The minimum absolute atomic E-state index is 0.0499. The predicted molar refractivity (Wildman–Crippen MR) is 110 cm³/mol. The lowest BCUT2D eigenvalue weighted by Crippen LogP contribution is -2.57. The molecule has 33 heavy (non-hydrogen) atoms. The van der Waals surface area contributed by atoms with Crippen LogP contribution in [0, 0.1) is 0 Å². The summed E-state index contributed by atoms with van der Waals surface area (Å²) in [5.74, 6) is -6.97. The molecular formula is C19H25N5O9. The maximum absolute atomic E-state index is 12.6. The Balaban J connectivity index is 2.99. The van der Waals surface area contributed by atoms with Gasteiger partial charge in [-0.25, -0.2) is 4.79 Å². The lowest BCUT2D eigenvalue weighted by atomic mass is 10.0. The molecule has 0 aliphatic carbocycles. The number of hydrogen-bond acceptors (Lipinski definition) is 8. The molecule has 0 heterocycles. The monoisotopic (exact) mass is 467 g/mol. The number of hydrogen-bond donors (Lipinski definition) is 8. The minimum Gasteiger partial charge on any atom is -0.508 e. The molecule has 0 saturated heterocycles. The highest BCUT2D eigenvalue weighted by atomic mass is 16.4. The van der Waals surface area contributed by atoms with E-state index in [1.807, 2.05) is 0 Å². The number of nitrogens with one attached hydrogen (secondary N) is 3. The Morgan fingerprint density at radius 1 is 0.818 bits per heavy atom. The van der Waals surface area contributed by atoms with Gasteiger partial charge in [0.05, 0.1) is 19.4 Å². The summed E-state index contributed by atoms with van der Waals surface area (Å²) in [6, 6.07) is 0.742. The summed E-state index contributed by atoms with van der Waals surface area (Å²) in [6.45, 7) is -0.515. The zero-order chi connectivity index (χ0) is 25.1. The summed E-state index contributed by atoms with van der Waals surface area (Å²) in [4.78, 5) is 70.5. The summed E-state index contributed by atoms with van der Waals surface area (Å²) in [7, 11) is 0. The highest BCUT2D eigenvalue weighted by molar-refractivity contribution is 5.96. The third kappa shape index (κ3) is 9.65. The molecule has 180 valence electrons. The van der Waals surface area contributed by atoms with Gasteiger partial charge in [-0.1, -0.05) is 12.1 Å². The third-order valence-corrected chi connectivity index (χ3v) is 4.24. The molecule has 3 atom stereocenters. The van der Waals surface area contributed by atoms with E-state index in [1.165, 1.54) is 24.3 Å². The van der Waals surface area contributed by atoms with Crippen molar-refractivity contribution < 1.29 is 44.1 Å². The first kappa shape index (κ1) is 26.8. The fraction of sp³-hybridized carbons (Fsp3) is 0.368.